The number of rotatable bonds is 1. The third kappa shape index (κ3) is 1.52. The van der Waals surface area contributed by atoms with Gasteiger partial charge in [-0.2, -0.15) is 0 Å². The van der Waals surface area contributed by atoms with Crippen molar-refractivity contribution < 1.29 is 9.59 Å². The molecule has 2 aliphatic rings. The topological polar surface area (TPSA) is 40.6 Å². The lowest BCUT2D eigenvalue weighted by atomic mass is 10.0. The van der Waals surface area contributed by atoms with Crippen molar-refractivity contribution >= 4 is 29.2 Å². The highest BCUT2D eigenvalue weighted by Crippen LogP contribution is 2.35. The number of amides is 3. The number of hydrogen-bond acceptors (Lipinski definition) is 2. The molecule has 1 aromatic rings. The molecule has 18 heavy (non-hydrogen) atoms. The number of nitrogens with zero attached hydrogens (tertiary/aromatic N) is 2. The number of halogens is 1. The molecule has 2 aliphatic heterocycles. The number of urea groups is 1. The number of anilines is 1. The molecule has 2 saturated heterocycles. The molecular weight excluding hydrogens is 252 g/mol. The maximum atomic E-state index is 12.3. The van der Waals surface area contributed by atoms with Crippen molar-refractivity contribution in [2.24, 2.45) is 5.92 Å². The summed E-state index contributed by atoms with van der Waals surface area (Å²) in [5.41, 5.74) is 0.555. The normalized spacial score (nSPS) is 27.0. The maximum Gasteiger partial charge on any atom is 0.332 e. The second kappa shape index (κ2) is 3.99. The summed E-state index contributed by atoms with van der Waals surface area (Å²) in [6.07, 6.45) is 0.894. The van der Waals surface area contributed by atoms with Crippen LogP contribution in [0.15, 0.2) is 24.3 Å². The second-order valence-electron chi connectivity index (χ2n) is 4.84. The summed E-state index contributed by atoms with van der Waals surface area (Å²) in [5, 5.41) is 0.521. The molecular formula is C13H13ClN2O2. The highest BCUT2D eigenvalue weighted by atomic mass is 35.5. The van der Waals surface area contributed by atoms with Gasteiger partial charge in [-0.3, -0.25) is 4.79 Å². The van der Waals surface area contributed by atoms with Gasteiger partial charge in [0.15, 0.2) is 0 Å². The Kier molecular flexibility index (Phi) is 2.55. The Labute approximate surface area is 110 Å². The average Bonchev–Trinajstić information content (AvgIpc) is 2.81. The van der Waals surface area contributed by atoms with Crippen LogP contribution in [0.2, 0.25) is 5.02 Å². The van der Waals surface area contributed by atoms with Crippen LogP contribution in [0.4, 0.5) is 10.5 Å². The molecule has 2 fully saturated rings. The van der Waals surface area contributed by atoms with Crippen molar-refractivity contribution in [1.82, 2.24) is 4.90 Å². The molecule has 3 amide bonds. The van der Waals surface area contributed by atoms with E-state index >= 15 is 0 Å². The Bertz CT molecular complexity index is 531. The summed E-state index contributed by atoms with van der Waals surface area (Å²) < 4.78 is 0. The summed E-state index contributed by atoms with van der Waals surface area (Å²) in [4.78, 5) is 27.5. The van der Waals surface area contributed by atoms with Crippen LogP contribution >= 0.6 is 11.6 Å². The molecule has 4 nitrogen and oxygen atoms in total. The zero-order valence-electron chi connectivity index (χ0n) is 9.97. The van der Waals surface area contributed by atoms with Gasteiger partial charge < -0.3 is 4.90 Å². The standard InChI is InChI=1S/C13H13ClN2O2/c1-8-5-6-15-11(8)12(17)16(13(15)18)10-4-2-3-9(14)7-10/h2-4,7-8,11H,5-6H2,1H3. The number of hydrogen-bond donors (Lipinski definition) is 0. The van der Waals surface area contributed by atoms with Crippen LogP contribution in [0.5, 0.6) is 0 Å². The summed E-state index contributed by atoms with van der Waals surface area (Å²) in [7, 11) is 0. The fourth-order valence-corrected chi connectivity index (χ4v) is 2.93. The molecule has 0 saturated carbocycles. The summed E-state index contributed by atoms with van der Waals surface area (Å²) >= 11 is 5.91. The second-order valence-corrected chi connectivity index (χ2v) is 5.28. The van der Waals surface area contributed by atoms with Gasteiger partial charge in [0.05, 0.1) is 5.69 Å². The fraction of sp³-hybridized carbons (Fsp3) is 0.385. The van der Waals surface area contributed by atoms with Gasteiger partial charge in [0.2, 0.25) is 0 Å². The van der Waals surface area contributed by atoms with E-state index in [1.54, 1.807) is 29.2 Å². The molecule has 2 atom stereocenters. The van der Waals surface area contributed by atoms with Gasteiger partial charge in [-0.15, -0.1) is 0 Å². The predicted octanol–water partition coefficient (Wildman–Crippen LogP) is 2.52. The number of carbonyl (C=O) groups is 2. The van der Waals surface area contributed by atoms with Gasteiger partial charge in [0, 0.05) is 11.6 Å². The third-order valence-electron chi connectivity index (χ3n) is 3.68. The summed E-state index contributed by atoms with van der Waals surface area (Å²) in [6.45, 7) is 2.67. The minimum Gasteiger partial charge on any atom is -0.312 e. The first-order valence-corrected chi connectivity index (χ1v) is 6.37. The average molecular weight is 265 g/mol. The fourth-order valence-electron chi connectivity index (χ4n) is 2.75. The molecule has 0 radical (unpaired) electrons. The van der Waals surface area contributed by atoms with Gasteiger partial charge in [-0.05, 0) is 30.5 Å². The molecule has 0 N–H and O–H groups in total. The minimum atomic E-state index is -0.295. The Hall–Kier alpha value is -1.55. The minimum absolute atomic E-state index is 0.132. The number of fused-ring (bicyclic) bond motifs is 1. The lowest BCUT2D eigenvalue weighted by Crippen LogP contribution is -2.33. The number of benzene rings is 1. The van der Waals surface area contributed by atoms with Crippen LogP contribution in [-0.2, 0) is 4.79 Å². The van der Waals surface area contributed by atoms with E-state index in [0.29, 0.717) is 17.3 Å². The van der Waals surface area contributed by atoms with E-state index in [1.165, 1.54) is 4.90 Å². The van der Waals surface area contributed by atoms with Crippen molar-refractivity contribution in [1.29, 1.82) is 0 Å². The summed E-state index contributed by atoms with van der Waals surface area (Å²) in [5.74, 6) is 0.0953. The quantitative estimate of drug-likeness (QED) is 0.732. The first-order chi connectivity index (χ1) is 8.59. The number of imide groups is 1. The Morgan fingerprint density at radius 3 is 2.78 bits per heavy atom. The van der Waals surface area contributed by atoms with Crippen molar-refractivity contribution in [2.75, 3.05) is 11.4 Å². The zero-order valence-corrected chi connectivity index (χ0v) is 10.7. The van der Waals surface area contributed by atoms with Crippen LogP contribution in [0.3, 0.4) is 0 Å². The molecule has 2 heterocycles. The largest absolute Gasteiger partial charge is 0.332 e. The van der Waals surface area contributed by atoms with Crippen LogP contribution < -0.4 is 4.90 Å². The molecule has 0 spiro atoms. The molecule has 5 heteroatoms. The zero-order chi connectivity index (χ0) is 12.9. The van der Waals surface area contributed by atoms with E-state index in [9.17, 15) is 9.59 Å². The van der Waals surface area contributed by atoms with E-state index in [0.717, 1.165) is 6.42 Å². The molecule has 0 aromatic heterocycles. The Balaban J connectivity index is 2.00. The van der Waals surface area contributed by atoms with E-state index in [2.05, 4.69) is 0 Å². The maximum absolute atomic E-state index is 12.3. The van der Waals surface area contributed by atoms with Crippen LogP contribution in [0.1, 0.15) is 13.3 Å². The van der Waals surface area contributed by atoms with Crippen molar-refractivity contribution in [2.45, 2.75) is 19.4 Å². The van der Waals surface area contributed by atoms with Gasteiger partial charge >= 0.3 is 6.03 Å². The molecule has 0 aliphatic carbocycles. The van der Waals surface area contributed by atoms with E-state index in [-0.39, 0.29) is 23.9 Å². The lowest BCUT2D eigenvalue weighted by molar-refractivity contribution is -0.120. The first-order valence-electron chi connectivity index (χ1n) is 6.00. The van der Waals surface area contributed by atoms with Crippen LogP contribution in [-0.4, -0.2) is 29.4 Å². The van der Waals surface area contributed by atoms with Gasteiger partial charge in [-0.1, -0.05) is 24.6 Å². The van der Waals surface area contributed by atoms with E-state index in [4.69, 9.17) is 11.6 Å². The molecule has 3 rings (SSSR count). The third-order valence-corrected chi connectivity index (χ3v) is 3.91. The van der Waals surface area contributed by atoms with Crippen LogP contribution in [0, 0.1) is 5.92 Å². The van der Waals surface area contributed by atoms with Gasteiger partial charge in [0.1, 0.15) is 6.04 Å². The van der Waals surface area contributed by atoms with Crippen LogP contribution in [0.25, 0.3) is 0 Å². The van der Waals surface area contributed by atoms with Gasteiger partial charge in [0.25, 0.3) is 5.91 Å². The molecule has 1 aromatic carbocycles. The highest BCUT2D eigenvalue weighted by Gasteiger charge is 2.51. The predicted molar refractivity (Wildman–Crippen MR) is 68.6 cm³/mol. The summed E-state index contributed by atoms with van der Waals surface area (Å²) in [6, 6.07) is 6.32. The SMILES string of the molecule is CC1CCN2C(=O)N(c3cccc(Cl)c3)C(=O)C12. The lowest BCUT2D eigenvalue weighted by Gasteiger charge is -2.15. The van der Waals surface area contributed by atoms with E-state index < -0.39 is 0 Å². The number of carbonyl (C=O) groups excluding carboxylic acids is 2. The Morgan fingerprint density at radius 1 is 1.33 bits per heavy atom. The molecule has 2 unspecified atom stereocenters. The Morgan fingerprint density at radius 2 is 2.11 bits per heavy atom. The highest BCUT2D eigenvalue weighted by molar-refractivity contribution is 6.31. The van der Waals surface area contributed by atoms with Crippen molar-refractivity contribution in [3.8, 4) is 0 Å². The van der Waals surface area contributed by atoms with Crippen molar-refractivity contribution in [3.05, 3.63) is 29.3 Å². The molecule has 0 bridgehead atoms. The van der Waals surface area contributed by atoms with Crippen molar-refractivity contribution in [3.63, 3.8) is 0 Å². The van der Waals surface area contributed by atoms with E-state index in [1.807, 2.05) is 6.92 Å². The molecule has 94 valence electrons. The first kappa shape index (κ1) is 11.5. The smallest absolute Gasteiger partial charge is 0.312 e. The monoisotopic (exact) mass is 264 g/mol. The van der Waals surface area contributed by atoms with Gasteiger partial charge in [-0.25, -0.2) is 9.69 Å².